The van der Waals surface area contributed by atoms with Gasteiger partial charge in [-0.25, -0.2) is 4.39 Å². The minimum absolute atomic E-state index is 0.0807. The molecule has 1 aromatic carbocycles. The van der Waals surface area contributed by atoms with Crippen LogP contribution < -0.4 is 10.5 Å². The minimum Gasteiger partial charge on any atom is -0.491 e. The van der Waals surface area contributed by atoms with Crippen LogP contribution >= 0.6 is 0 Å². The molecule has 92 valence electrons. The number of nitrogens with two attached hydrogens (primary N) is 1. The van der Waals surface area contributed by atoms with Gasteiger partial charge in [-0.15, -0.1) is 0 Å². The maximum Gasteiger partial charge on any atom is 0.128 e. The summed E-state index contributed by atoms with van der Waals surface area (Å²) in [5, 5.41) is 0. The third-order valence-electron chi connectivity index (χ3n) is 2.24. The van der Waals surface area contributed by atoms with E-state index in [-0.39, 0.29) is 18.5 Å². The van der Waals surface area contributed by atoms with E-state index in [0.717, 1.165) is 12.8 Å². The highest BCUT2D eigenvalue weighted by Crippen LogP contribution is 2.18. The summed E-state index contributed by atoms with van der Waals surface area (Å²) in [4.78, 5) is 0. The zero-order valence-electron chi connectivity index (χ0n) is 10.3. The predicted octanol–water partition coefficient (Wildman–Crippen LogP) is 2.70. The van der Waals surface area contributed by atoms with Gasteiger partial charge in [-0.3, -0.25) is 0 Å². The minimum atomic E-state index is -0.340. The summed E-state index contributed by atoms with van der Waals surface area (Å²) < 4.78 is 18.9. The average molecular weight is 235 g/mol. The van der Waals surface area contributed by atoms with Gasteiger partial charge in [-0.05, 0) is 25.5 Å². The van der Waals surface area contributed by atoms with Crippen LogP contribution in [-0.2, 0) is 0 Å². The fraction of sp³-hybridized carbons (Fsp3) is 0.429. The van der Waals surface area contributed by atoms with Crippen molar-refractivity contribution in [1.29, 1.82) is 0 Å². The summed E-state index contributed by atoms with van der Waals surface area (Å²) >= 11 is 0. The quantitative estimate of drug-likeness (QED) is 0.814. The predicted molar refractivity (Wildman–Crippen MR) is 67.3 cm³/mol. The number of hydrogen-bond donors (Lipinski definition) is 1. The van der Waals surface area contributed by atoms with Gasteiger partial charge in [0.15, 0.2) is 0 Å². The van der Waals surface area contributed by atoms with E-state index in [0.29, 0.717) is 11.3 Å². The Morgan fingerprint density at radius 3 is 2.82 bits per heavy atom. The van der Waals surface area contributed by atoms with Gasteiger partial charge >= 0.3 is 0 Å². The number of ether oxygens (including phenoxy) is 1. The summed E-state index contributed by atoms with van der Waals surface area (Å²) in [5.41, 5.74) is 5.87. The second kappa shape index (κ2) is 6.93. The Hall–Kier alpha value is -1.53. The fourth-order valence-electron chi connectivity index (χ4n) is 1.55. The molecular formula is C14H18FNO. The molecule has 0 bridgehead atoms. The van der Waals surface area contributed by atoms with Crippen LogP contribution in [-0.4, -0.2) is 12.6 Å². The lowest BCUT2D eigenvalue weighted by atomic mass is 10.2. The summed E-state index contributed by atoms with van der Waals surface area (Å²) in [6.07, 6.45) is 2.06. The zero-order valence-corrected chi connectivity index (χ0v) is 10.3. The average Bonchev–Trinajstić information content (AvgIpc) is 2.25. The van der Waals surface area contributed by atoms with Crippen LogP contribution in [0.2, 0.25) is 0 Å². The summed E-state index contributed by atoms with van der Waals surface area (Å²) in [6, 6.07) is 4.48. The van der Waals surface area contributed by atoms with Crippen molar-refractivity contribution in [2.45, 2.75) is 32.8 Å². The van der Waals surface area contributed by atoms with Crippen LogP contribution in [0.4, 0.5) is 4.39 Å². The molecule has 0 aliphatic heterocycles. The number of benzene rings is 1. The van der Waals surface area contributed by atoms with Gasteiger partial charge < -0.3 is 10.5 Å². The van der Waals surface area contributed by atoms with Gasteiger partial charge in [-0.2, -0.15) is 0 Å². The monoisotopic (exact) mass is 235 g/mol. The Bertz CT molecular complexity index is 420. The lowest BCUT2D eigenvalue weighted by Gasteiger charge is -2.13. The first-order valence-corrected chi connectivity index (χ1v) is 5.82. The van der Waals surface area contributed by atoms with Crippen molar-refractivity contribution in [3.05, 3.63) is 29.6 Å². The second-order valence-electron chi connectivity index (χ2n) is 3.90. The van der Waals surface area contributed by atoms with Crippen LogP contribution in [0.5, 0.6) is 5.75 Å². The third-order valence-corrected chi connectivity index (χ3v) is 2.24. The van der Waals surface area contributed by atoms with E-state index in [1.165, 1.54) is 12.1 Å². The molecule has 0 radical (unpaired) electrons. The Labute approximate surface area is 102 Å². The Morgan fingerprint density at radius 1 is 1.41 bits per heavy atom. The second-order valence-corrected chi connectivity index (χ2v) is 3.90. The first-order chi connectivity index (χ1) is 8.15. The van der Waals surface area contributed by atoms with Crippen LogP contribution in [0.3, 0.4) is 0 Å². The van der Waals surface area contributed by atoms with Gasteiger partial charge in [0.05, 0.1) is 12.6 Å². The molecule has 0 saturated heterocycles. The van der Waals surface area contributed by atoms with Gasteiger partial charge in [0.2, 0.25) is 0 Å². The molecule has 2 N–H and O–H groups in total. The van der Waals surface area contributed by atoms with Crippen molar-refractivity contribution in [2.75, 3.05) is 6.54 Å². The Morgan fingerprint density at radius 2 is 2.18 bits per heavy atom. The van der Waals surface area contributed by atoms with Crippen LogP contribution in [0.15, 0.2) is 18.2 Å². The lowest BCUT2D eigenvalue weighted by Crippen LogP contribution is -2.11. The van der Waals surface area contributed by atoms with E-state index in [1.807, 2.05) is 6.92 Å². The Kier molecular flexibility index (Phi) is 5.51. The van der Waals surface area contributed by atoms with Crippen molar-refractivity contribution < 1.29 is 9.13 Å². The van der Waals surface area contributed by atoms with Crippen molar-refractivity contribution in [3.63, 3.8) is 0 Å². The van der Waals surface area contributed by atoms with E-state index in [1.54, 1.807) is 6.07 Å². The summed E-state index contributed by atoms with van der Waals surface area (Å²) in [5.74, 6) is 5.67. The summed E-state index contributed by atoms with van der Waals surface area (Å²) in [6.45, 7) is 4.32. The van der Waals surface area contributed by atoms with Crippen molar-refractivity contribution in [3.8, 4) is 17.6 Å². The molecule has 3 heteroatoms. The molecule has 17 heavy (non-hydrogen) atoms. The smallest absolute Gasteiger partial charge is 0.128 e. The molecule has 0 aliphatic rings. The molecule has 1 unspecified atom stereocenters. The fourth-order valence-corrected chi connectivity index (χ4v) is 1.55. The third kappa shape index (κ3) is 4.88. The van der Waals surface area contributed by atoms with Crippen LogP contribution in [0.25, 0.3) is 0 Å². The molecule has 1 aromatic rings. The SMILES string of the molecule is CCCC(C)Oc1cc(F)cc(C#CCN)c1. The first kappa shape index (κ1) is 13.5. The highest BCUT2D eigenvalue weighted by molar-refractivity contribution is 5.40. The maximum atomic E-state index is 13.3. The van der Waals surface area contributed by atoms with Crippen molar-refractivity contribution in [2.24, 2.45) is 5.73 Å². The van der Waals surface area contributed by atoms with Gasteiger partial charge in [0.1, 0.15) is 11.6 Å². The molecule has 0 aliphatic carbocycles. The lowest BCUT2D eigenvalue weighted by molar-refractivity contribution is 0.209. The maximum absolute atomic E-state index is 13.3. The molecule has 0 aromatic heterocycles. The van der Waals surface area contributed by atoms with E-state index in [2.05, 4.69) is 18.8 Å². The molecule has 0 amide bonds. The molecule has 1 rings (SSSR count). The van der Waals surface area contributed by atoms with Crippen LogP contribution in [0, 0.1) is 17.7 Å². The number of halogens is 1. The Balaban J connectivity index is 2.82. The van der Waals surface area contributed by atoms with E-state index in [9.17, 15) is 4.39 Å². The van der Waals surface area contributed by atoms with Gasteiger partial charge in [0.25, 0.3) is 0 Å². The molecule has 0 fully saturated rings. The highest BCUT2D eigenvalue weighted by atomic mass is 19.1. The highest BCUT2D eigenvalue weighted by Gasteiger charge is 2.05. The number of rotatable bonds is 4. The van der Waals surface area contributed by atoms with Gasteiger partial charge in [0, 0.05) is 11.6 Å². The number of hydrogen-bond acceptors (Lipinski definition) is 2. The molecule has 0 saturated carbocycles. The van der Waals surface area contributed by atoms with E-state index < -0.39 is 0 Å². The topological polar surface area (TPSA) is 35.2 Å². The van der Waals surface area contributed by atoms with Crippen LogP contribution in [0.1, 0.15) is 32.3 Å². The summed E-state index contributed by atoms with van der Waals surface area (Å²) in [7, 11) is 0. The van der Waals surface area contributed by atoms with Crippen molar-refractivity contribution >= 4 is 0 Å². The standard InChI is InChI=1S/C14H18FNO/c1-3-5-11(2)17-14-9-12(6-4-7-16)8-13(15)10-14/h8-11H,3,5,7,16H2,1-2H3. The van der Waals surface area contributed by atoms with Gasteiger partial charge in [-0.1, -0.05) is 25.2 Å². The molecule has 1 atom stereocenters. The van der Waals surface area contributed by atoms with Crippen molar-refractivity contribution in [1.82, 2.24) is 0 Å². The zero-order chi connectivity index (χ0) is 12.7. The largest absolute Gasteiger partial charge is 0.491 e. The first-order valence-electron chi connectivity index (χ1n) is 5.82. The normalized spacial score (nSPS) is 11.5. The molecular weight excluding hydrogens is 217 g/mol. The molecule has 0 heterocycles. The molecule has 0 spiro atoms. The van der Waals surface area contributed by atoms with E-state index >= 15 is 0 Å². The van der Waals surface area contributed by atoms with E-state index in [4.69, 9.17) is 10.5 Å². The molecule has 2 nitrogen and oxygen atoms in total.